The predicted molar refractivity (Wildman–Crippen MR) is 98.5 cm³/mol. The van der Waals surface area contributed by atoms with Crippen molar-refractivity contribution in [1.82, 2.24) is 10.3 Å². The second kappa shape index (κ2) is 7.55. The number of nitrogens with zero attached hydrogens (tertiary/aromatic N) is 3. The van der Waals surface area contributed by atoms with Gasteiger partial charge in [0, 0.05) is 42.0 Å². The zero-order valence-electron chi connectivity index (χ0n) is 14.9. The Morgan fingerprint density at radius 2 is 2.31 bits per heavy atom. The highest BCUT2D eigenvalue weighted by Gasteiger charge is 2.25. The van der Waals surface area contributed by atoms with Gasteiger partial charge in [-0.2, -0.15) is 0 Å². The van der Waals surface area contributed by atoms with Crippen molar-refractivity contribution in [3.05, 3.63) is 40.1 Å². The first-order valence-electron chi connectivity index (χ1n) is 8.72. The number of aromatic nitrogens is 1. The van der Waals surface area contributed by atoms with Crippen molar-refractivity contribution in [3.8, 4) is 0 Å². The highest BCUT2D eigenvalue weighted by molar-refractivity contribution is 5.97. The van der Waals surface area contributed by atoms with Crippen LogP contribution in [0.5, 0.6) is 0 Å². The number of alkyl carbamates (subject to hydrolysis) is 1. The van der Waals surface area contributed by atoms with E-state index in [2.05, 4.69) is 15.2 Å². The van der Waals surface area contributed by atoms with Gasteiger partial charge in [0.25, 0.3) is 5.69 Å². The molecule has 1 aromatic carbocycles. The van der Waals surface area contributed by atoms with E-state index in [1.807, 2.05) is 19.1 Å². The minimum atomic E-state index is -0.411. The predicted octanol–water partition coefficient (Wildman–Crippen LogP) is 3.17. The van der Waals surface area contributed by atoms with Gasteiger partial charge in [0.15, 0.2) is 5.52 Å². The van der Waals surface area contributed by atoms with Crippen LogP contribution in [0.3, 0.4) is 0 Å². The molecule has 0 aliphatic carbocycles. The van der Waals surface area contributed by atoms with Gasteiger partial charge >= 0.3 is 6.09 Å². The highest BCUT2D eigenvalue weighted by atomic mass is 16.6. The zero-order chi connectivity index (χ0) is 18.7. The Balaban J connectivity index is 1.93. The number of amides is 1. The molecule has 8 nitrogen and oxygen atoms in total. The molecule has 8 heteroatoms. The summed E-state index contributed by atoms with van der Waals surface area (Å²) in [6.45, 7) is 5.38. The van der Waals surface area contributed by atoms with E-state index in [0.717, 1.165) is 36.2 Å². The van der Waals surface area contributed by atoms with Crippen molar-refractivity contribution in [2.75, 3.05) is 24.6 Å². The smallest absolute Gasteiger partial charge is 0.407 e. The first-order valence-corrected chi connectivity index (χ1v) is 8.72. The molecular formula is C18H22N4O4. The lowest BCUT2D eigenvalue weighted by atomic mass is 10.0. The number of fused-ring (bicyclic) bond motifs is 1. The van der Waals surface area contributed by atoms with Crippen LogP contribution in [0.15, 0.2) is 24.3 Å². The van der Waals surface area contributed by atoms with E-state index in [0.29, 0.717) is 18.7 Å². The van der Waals surface area contributed by atoms with Gasteiger partial charge in [0.1, 0.15) is 0 Å². The summed E-state index contributed by atoms with van der Waals surface area (Å²) in [6, 6.07) is 6.93. The van der Waals surface area contributed by atoms with Crippen LogP contribution in [-0.2, 0) is 4.74 Å². The Bertz CT molecular complexity index is 839. The van der Waals surface area contributed by atoms with Crippen molar-refractivity contribution in [3.63, 3.8) is 0 Å². The zero-order valence-corrected chi connectivity index (χ0v) is 14.9. The van der Waals surface area contributed by atoms with Crippen LogP contribution in [0.1, 0.15) is 25.5 Å². The molecule has 138 valence electrons. The minimum Gasteiger partial charge on any atom is -0.450 e. The Kier molecular flexibility index (Phi) is 5.20. The molecule has 26 heavy (non-hydrogen) atoms. The molecule has 0 radical (unpaired) electrons. The average Bonchev–Trinajstić information content (AvgIpc) is 2.60. The molecule has 1 fully saturated rings. The Morgan fingerprint density at radius 3 is 3.04 bits per heavy atom. The molecule has 0 bridgehead atoms. The third-order valence-electron chi connectivity index (χ3n) is 4.48. The summed E-state index contributed by atoms with van der Waals surface area (Å²) in [5.74, 6) is 0. The topological polar surface area (TPSA) is 97.6 Å². The fraction of sp³-hybridized carbons (Fsp3) is 0.444. The van der Waals surface area contributed by atoms with Crippen LogP contribution in [0, 0.1) is 17.0 Å². The fourth-order valence-corrected chi connectivity index (χ4v) is 3.40. The summed E-state index contributed by atoms with van der Waals surface area (Å²) >= 11 is 0. The van der Waals surface area contributed by atoms with Crippen molar-refractivity contribution in [2.24, 2.45) is 0 Å². The van der Waals surface area contributed by atoms with Crippen molar-refractivity contribution >= 4 is 28.4 Å². The van der Waals surface area contributed by atoms with Crippen LogP contribution in [0.2, 0.25) is 0 Å². The Morgan fingerprint density at radius 1 is 1.50 bits per heavy atom. The number of carbonyl (C=O) groups excluding carboxylic acids is 1. The SMILES string of the molecule is CCOC(=O)NC1CCCN(c2cc(C)nc3c([N+](=O)[O-])cccc23)C1. The number of carbonyl (C=O) groups is 1. The van der Waals surface area contributed by atoms with Gasteiger partial charge in [-0.25, -0.2) is 9.78 Å². The monoisotopic (exact) mass is 358 g/mol. The van der Waals surface area contributed by atoms with Crippen LogP contribution in [0.4, 0.5) is 16.2 Å². The molecule has 1 aliphatic rings. The van der Waals surface area contributed by atoms with Gasteiger partial charge in [-0.3, -0.25) is 10.1 Å². The summed E-state index contributed by atoms with van der Waals surface area (Å²) in [5, 5.41) is 15.0. The van der Waals surface area contributed by atoms with Gasteiger partial charge in [0.05, 0.1) is 11.5 Å². The first-order chi connectivity index (χ1) is 12.5. The fourth-order valence-electron chi connectivity index (χ4n) is 3.40. The number of anilines is 1. The van der Waals surface area contributed by atoms with Crippen molar-refractivity contribution in [2.45, 2.75) is 32.7 Å². The van der Waals surface area contributed by atoms with E-state index in [1.165, 1.54) is 6.07 Å². The van der Waals surface area contributed by atoms with Crippen molar-refractivity contribution in [1.29, 1.82) is 0 Å². The minimum absolute atomic E-state index is 0.00524. The number of nitro benzene ring substituents is 1. The number of non-ortho nitro benzene ring substituents is 1. The normalized spacial score (nSPS) is 17.2. The molecule has 1 amide bonds. The van der Waals surface area contributed by atoms with E-state index < -0.39 is 11.0 Å². The number of ether oxygens (including phenoxy) is 1. The second-order valence-electron chi connectivity index (χ2n) is 6.36. The number of nitrogens with one attached hydrogen (secondary N) is 1. The van der Waals surface area contributed by atoms with Crippen molar-refractivity contribution < 1.29 is 14.5 Å². The maximum absolute atomic E-state index is 11.7. The van der Waals surface area contributed by atoms with E-state index >= 15 is 0 Å². The number of piperidine rings is 1. The third-order valence-corrected chi connectivity index (χ3v) is 4.48. The quantitative estimate of drug-likeness (QED) is 0.666. The van der Waals surface area contributed by atoms with Gasteiger partial charge < -0.3 is 15.0 Å². The summed E-state index contributed by atoms with van der Waals surface area (Å²) in [4.78, 5) is 29.2. The maximum atomic E-state index is 11.7. The Labute approximate surface area is 151 Å². The molecule has 1 aliphatic heterocycles. The van der Waals surface area contributed by atoms with Crippen LogP contribution in [0.25, 0.3) is 10.9 Å². The Hall–Kier alpha value is -2.90. The lowest BCUT2D eigenvalue weighted by molar-refractivity contribution is -0.383. The average molecular weight is 358 g/mol. The summed E-state index contributed by atoms with van der Waals surface area (Å²) in [6.07, 6.45) is 1.37. The number of rotatable bonds is 4. The number of hydrogen-bond acceptors (Lipinski definition) is 6. The van der Waals surface area contributed by atoms with E-state index in [-0.39, 0.29) is 11.7 Å². The molecular weight excluding hydrogens is 336 g/mol. The van der Waals surface area contributed by atoms with Gasteiger partial charge in [-0.1, -0.05) is 12.1 Å². The molecule has 1 saturated heterocycles. The molecule has 2 heterocycles. The lowest BCUT2D eigenvalue weighted by Gasteiger charge is -2.35. The molecule has 2 aromatic rings. The van der Waals surface area contributed by atoms with Crippen LogP contribution < -0.4 is 10.2 Å². The summed E-state index contributed by atoms with van der Waals surface area (Å²) in [7, 11) is 0. The lowest BCUT2D eigenvalue weighted by Crippen LogP contribution is -2.48. The highest BCUT2D eigenvalue weighted by Crippen LogP contribution is 2.33. The largest absolute Gasteiger partial charge is 0.450 e. The van der Waals surface area contributed by atoms with Gasteiger partial charge in [-0.05, 0) is 32.8 Å². The number of nitro groups is 1. The number of para-hydroxylation sites is 1. The van der Waals surface area contributed by atoms with Gasteiger partial charge in [0.2, 0.25) is 0 Å². The molecule has 1 atom stereocenters. The maximum Gasteiger partial charge on any atom is 0.407 e. The van der Waals surface area contributed by atoms with Gasteiger partial charge in [-0.15, -0.1) is 0 Å². The van der Waals surface area contributed by atoms with E-state index in [4.69, 9.17) is 4.74 Å². The number of hydrogen-bond donors (Lipinski definition) is 1. The first kappa shape index (κ1) is 17.9. The summed E-state index contributed by atoms with van der Waals surface area (Å²) in [5.41, 5.74) is 2.03. The third kappa shape index (κ3) is 3.68. The van der Waals surface area contributed by atoms with E-state index in [9.17, 15) is 14.9 Å². The molecule has 0 saturated carbocycles. The second-order valence-corrected chi connectivity index (χ2v) is 6.36. The summed E-state index contributed by atoms with van der Waals surface area (Å²) < 4.78 is 4.96. The molecule has 1 aromatic heterocycles. The number of pyridine rings is 1. The number of benzene rings is 1. The molecule has 1 unspecified atom stereocenters. The standard InChI is InChI=1S/C18H22N4O4/c1-3-26-18(23)20-13-6-5-9-21(11-13)16-10-12(2)19-17-14(16)7-4-8-15(17)22(24)25/h4,7-8,10,13H,3,5-6,9,11H2,1-2H3,(H,20,23). The van der Waals surface area contributed by atoms with Crippen LogP contribution >= 0.6 is 0 Å². The van der Waals surface area contributed by atoms with Crippen LogP contribution in [-0.4, -0.2) is 41.7 Å². The molecule has 3 rings (SSSR count). The molecule has 1 N–H and O–H groups in total. The van der Waals surface area contributed by atoms with E-state index in [1.54, 1.807) is 13.0 Å². The molecule has 0 spiro atoms. The number of aryl methyl sites for hydroxylation is 1.